The summed E-state index contributed by atoms with van der Waals surface area (Å²) in [5.74, 6) is -0.921. The molecule has 0 aromatic heterocycles. The van der Waals surface area contributed by atoms with Crippen LogP contribution in [0.15, 0.2) is 36.4 Å². The molecule has 6 nitrogen and oxygen atoms in total. The van der Waals surface area contributed by atoms with Crippen molar-refractivity contribution >= 4 is 41.0 Å². The first-order valence-corrected chi connectivity index (χ1v) is 12.4. The van der Waals surface area contributed by atoms with Gasteiger partial charge in [-0.15, -0.1) is 0 Å². The van der Waals surface area contributed by atoms with Gasteiger partial charge in [0, 0.05) is 29.2 Å². The van der Waals surface area contributed by atoms with E-state index in [1.807, 2.05) is 26.0 Å². The highest BCUT2D eigenvalue weighted by Gasteiger charge is 2.47. The second-order valence-corrected chi connectivity index (χ2v) is 10.1. The van der Waals surface area contributed by atoms with E-state index in [1.165, 1.54) is 0 Å². The van der Waals surface area contributed by atoms with Gasteiger partial charge in [-0.2, -0.15) is 0 Å². The molecular weight excluding hydrogens is 473 g/mol. The summed E-state index contributed by atoms with van der Waals surface area (Å²) >= 11 is 12.1. The van der Waals surface area contributed by atoms with E-state index in [0.717, 1.165) is 47.3 Å². The van der Waals surface area contributed by atoms with Crippen LogP contribution in [0.5, 0.6) is 0 Å². The molecule has 180 valence electrons. The summed E-state index contributed by atoms with van der Waals surface area (Å²) in [6, 6.07) is 10.7. The van der Waals surface area contributed by atoms with Crippen LogP contribution in [-0.4, -0.2) is 40.2 Å². The number of urea groups is 1. The van der Waals surface area contributed by atoms with Crippen LogP contribution in [0.4, 0.5) is 4.79 Å². The summed E-state index contributed by atoms with van der Waals surface area (Å²) in [6.07, 6.45) is 3.49. The molecule has 4 rings (SSSR count). The molecule has 0 bridgehead atoms. The predicted octanol–water partition coefficient (Wildman–Crippen LogP) is 5.25. The van der Waals surface area contributed by atoms with Gasteiger partial charge in [-0.05, 0) is 55.5 Å². The number of benzene rings is 2. The van der Waals surface area contributed by atoms with Crippen LogP contribution in [0, 0.1) is 19.8 Å². The number of carbonyl (C=O) groups excluding carboxylic acids is 3. The van der Waals surface area contributed by atoms with Gasteiger partial charge in [-0.3, -0.25) is 14.5 Å². The van der Waals surface area contributed by atoms with Gasteiger partial charge in [0.15, 0.2) is 0 Å². The molecule has 1 N–H and O–H groups in total. The van der Waals surface area contributed by atoms with Crippen molar-refractivity contribution in [3.8, 4) is 0 Å². The number of nitrogens with zero attached hydrogens (tertiary/aromatic N) is 2. The van der Waals surface area contributed by atoms with Crippen LogP contribution < -0.4 is 5.32 Å². The SMILES string of the molecule is Cc1ccc(CN2C(=O)N(CC(=O)NCc3ccc(Cl)cc3Cl)C(=O)C3CCCCC32)c(C)c1. The van der Waals surface area contributed by atoms with Gasteiger partial charge in [0.05, 0.1) is 5.92 Å². The molecule has 2 fully saturated rings. The molecule has 1 aliphatic carbocycles. The number of hydrogen-bond acceptors (Lipinski definition) is 3. The summed E-state index contributed by atoms with van der Waals surface area (Å²) in [4.78, 5) is 42.4. The van der Waals surface area contributed by atoms with Crippen LogP contribution >= 0.6 is 23.2 Å². The lowest BCUT2D eigenvalue weighted by Gasteiger charge is -2.46. The largest absolute Gasteiger partial charge is 0.350 e. The van der Waals surface area contributed by atoms with E-state index in [1.54, 1.807) is 23.1 Å². The molecule has 2 aromatic carbocycles. The zero-order valence-electron chi connectivity index (χ0n) is 19.4. The summed E-state index contributed by atoms with van der Waals surface area (Å²) in [6.45, 7) is 4.38. The van der Waals surface area contributed by atoms with Gasteiger partial charge in [0.25, 0.3) is 0 Å². The Balaban J connectivity index is 1.50. The number of imide groups is 1. The smallest absolute Gasteiger partial charge is 0.327 e. The third kappa shape index (κ3) is 5.23. The second-order valence-electron chi connectivity index (χ2n) is 9.24. The second kappa shape index (κ2) is 10.4. The molecule has 1 aliphatic heterocycles. The standard InChI is InChI=1S/C26H29Cl2N3O3/c1-16-7-8-19(17(2)11-16)14-30-23-6-4-3-5-21(23)25(33)31(26(30)34)15-24(32)29-13-18-9-10-20(27)12-22(18)28/h7-12,21,23H,3-6,13-15H2,1-2H3,(H,29,32). The van der Waals surface area contributed by atoms with Crippen LogP contribution in [0.1, 0.15) is 47.9 Å². The molecule has 8 heteroatoms. The molecule has 0 radical (unpaired) electrons. The molecule has 4 amide bonds. The number of carbonyl (C=O) groups is 3. The van der Waals surface area contributed by atoms with Gasteiger partial charge >= 0.3 is 6.03 Å². The lowest BCUT2D eigenvalue weighted by molar-refractivity contribution is -0.143. The van der Waals surface area contributed by atoms with Crippen molar-refractivity contribution in [1.82, 2.24) is 15.1 Å². The minimum absolute atomic E-state index is 0.123. The van der Waals surface area contributed by atoms with Gasteiger partial charge < -0.3 is 10.2 Å². The highest BCUT2D eigenvalue weighted by atomic mass is 35.5. The quantitative estimate of drug-likeness (QED) is 0.587. The number of rotatable bonds is 6. The van der Waals surface area contributed by atoms with E-state index >= 15 is 0 Å². The number of hydrogen-bond donors (Lipinski definition) is 1. The monoisotopic (exact) mass is 501 g/mol. The molecule has 2 aromatic rings. The Labute approximate surface area is 210 Å². The third-order valence-corrected chi connectivity index (χ3v) is 7.41. The van der Waals surface area contributed by atoms with E-state index in [4.69, 9.17) is 23.2 Å². The first kappa shape index (κ1) is 24.6. The Morgan fingerprint density at radius 1 is 1.03 bits per heavy atom. The van der Waals surface area contributed by atoms with Crippen molar-refractivity contribution in [2.45, 2.75) is 58.7 Å². The lowest BCUT2D eigenvalue weighted by Crippen LogP contribution is -2.63. The maximum Gasteiger partial charge on any atom is 0.327 e. The van der Waals surface area contributed by atoms with Crippen LogP contribution in [-0.2, 0) is 22.7 Å². The number of fused-ring (bicyclic) bond motifs is 1. The van der Waals surface area contributed by atoms with Crippen LogP contribution in [0.25, 0.3) is 0 Å². The fraction of sp³-hybridized carbons (Fsp3) is 0.423. The van der Waals surface area contributed by atoms with Crippen LogP contribution in [0.2, 0.25) is 10.0 Å². The molecule has 1 saturated carbocycles. The summed E-state index contributed by atoms with van der Waals surface area (Å²) < 4.78 is 0. The van der Waals surface area contributed by atoms with Crippen LogP contribution in [0.3, 0.4) is 0 Å². The van der Waals surface area contributed by atoms with Gasteiger partial charge in [0.2, 0.25) is 11.8 Å². The van der Waals surface area contributed by atoms with Gasteiger partial charge in [-0.1, -0.05) is 65.9 Å². The average Bonchev–Trinajstić information content (AvgIpc) is 2.80. The molecule has 2 atom stereocenters. The maximum absolute atomic E-state index is 13.5. The topological polar surface area (TPSA) is 69.7 Å². The van der Waals surface area contributed by atoms with E-state index in [9.17, 15) is 14.4 Å². The third-order valence-electron chi connectivity index (χ3n) is 6.82. The molecule has 2 aliphatic rings. The Kier molecular flexibility index (Phi) is 7.48. The lowest BCUT2D eigenvalue weighted by atomic mass is 9.81. The minimum Gasteiger partial charge on any atom is -0.350 e. The Hall–Kier alpha value is -2.57. The minimum atomic E-state index is -0.409. The zero-order valence-corrected chi connectivity index (χ0v) is 21.0. The first-order valence-electron chi connectivity index (χ1n) is 11.6. The Morgan fingerprint density at radius 2 is 1.76 bits per heavy atom. The van der Waals surface area contributed by atoms with Gasteiger partial charge in [0.1, 0.15) is 6.54 Å². The molecule has 1 saturated heterocycles. The molecule has 2 unspecified atom stereocenters. The number of amides is 4. The van der Waals surface area contributed by atoms with E-state index < -0.39 is 11.9 Å². The van der Waals surface area contributed by atoms with Crippen molar-refractivity contribution in [2.75, 3.05) is 6.54 Å². The molecule has 34 heavy (non-hydrogen) atoms. The van der Waals surface area contributed by atoms with Gasteiger partial charge in [-0.25, -0.2) is 4.79 Å². The Morgan fingerprint density at radius 3 is 2.50 bits per heavy atom. The van der Waals surface area contributed by atoms with Crippen molar-refractivity contribution in [3.63, 3.8) is 0 Å². The summed E-state index contributed by atoms with van der Waals surface area (Å²) in [5, 5.41) is 3.73. The molecule has 1 heterocycles. The normalized spacial score (nSPS) is 20.4. The highest BCUT2D eigenvalue weighted by molar-refractivity contribution is 6.35. The van der Waals surface area contributed by atoms with E-state index in [0.29, 0.717) is 22.2 Å². The van der Waals surface area contributed by atoms with E-state index in [-0.39, 0.29) is 31.0 Å². The van der Waals surface area contributed by atoms with Crippen molar-refractivity contribution < 1.29 is 14.4 Å². The molecular formula is C26H29Cl2N3O3. The fourth-order valence-electron chi connectivity index (χ4n) is 4.96. The number of halogens is 2. The zero-order chi connectivity index (χ0) is 24.4. The summed E-state index contributed by atoms with van der Waals surface area (Å²) in [5.41, 5.74) is 4.04. The number of aryl methyl sites for hydroxylation is 2. The predicted molar refractivity (Wildman–Crippen MR) is 133 cm³/mol. The van der Waals surface area contributed by atoms with Crippen molar-refractivity contribution in [2.24, 2.45) is 5.92 Å². The fourth-order valence-corrected chi connectivity index (χ4v) is 5.43. The Bertz CT molecular complexity index is 1120. The highest BCUT2D eigenvalue weighted by Crippen LogP contribution is 2.35. The average molecular weight is 502 g/mol. The number of nitrogens with one attached hydrogen (secondary N) is 1. The maximum atomic E-state index is 13.5. The van der Waals surface area contributed by atoms with Crippen molar-refractivity contribution in [1.29, 1.82) is 0 Å². The molecule has 0 spiro atoms. The van der Waals surface area contributed by atoms with E-state index in [2.05, 4.69) is 11.4 Å². The van der Waals surface area contributed by atoms with Crippen molar-refractivity contribution in [3.05, 3.63) is 68.7 Å². The first-order chi connectivity index (χ1) is 16.2. The summed E-state index contributed by atoms with van der Waals surface area (Å²) in [7, 11) is 0.